The summed E-state index contributed by atoms with van der Waals surface area (Å²) in [5.74, 6) is -0.0308. The highest BCUT2D eigenvalue weighted by Gasteiger charge is 2.13. The first-order chi connectivity index (χ1) is 14.5. The summed E-state index contributed by atoms with van der Waals surface area (Å²) in [6.45, 7) is 1.90. The van der Waals surface area contributed by atoms with Crippen molar-refractivity contribution in [3.05, 3.63) is 94.5 Å². The van der Waals surface area contributed by atoms with Crippen LogP contribution in [0.25, 0.3) is 0 Å². The smallest absolute Gasteiger partial charge is 0.276 e. The fourth-order valence-corrected chi connectivity index (χ4v) is 2.89. The van der Waals surface area contributed by atoms with E-state index in [1.165, 1.54) is 0 Å². The van der Waals surface area contributed by atoms with Gasteiger partial charge in [0.2, 0.25) is 0 Å². The molecule has 0 atom stereocenters. The van der Waals surface area contributed by atoms with E-state index in [0.717, 1.165) is 11.1 Å². The SMILES string of the molecule is Cc1cc(Cl)ccc1OCC(=O)NNC(=O)c1ccccc1OCc1ccccc1. The van der Waals surface area contributed by atoms with E-state index < -0.39 is 11.8 Å². The number of hydrazine groups is 1. The molecule has 0 fully saturated rings. The van der Waals surface area contributed by atoms with Gasteiger partial charge in [0.25, 0.3) is 11.8 Å². The zero-order valence-corrected chi connectivity index (χ0v) is 17.1. The van der Waals surface area contributed by atoms with E-state index in [9.17, 15) is 9.59 Å². The number of hydrogen-bond donors (Lipinski definition) is 2. The number of carbonyl (C=O) groups is 2. The molecule has 0 aliphatic rings. The van der Waals surface area contributed by atoms with Gasteiger partial charge in [-0.05, 0) is 48.4 Å². The molecule has 0 aliphatic heterocycles. The van der Waals surface area contributed by atoms with E-state index in [1.54, 1.807) is 42.5 Å². The maximum atomic E-state index is 12.5. The molecule has 3 rings (SSSR count). The average Bonchev–Trinajstić information content (AvgIpc) is 2.76. The number of rotatable bonds is 7. The Morgan fingerprint density at radius 1 is 0.867 bits per heavy atom. The Morgan fingerprint density at radius 2 is 1.60 bits per heavy atom. The molecule has 0 saturated heterocycles. The largest absolute Gasteiger partial charge is 0.488 e. The summed E-state index contributed by atoms with van der Waals surface area (Å²) in [5.41, 5.74) is 6.82. The molecular formula is C23H21ClN2O4. The van der Waals surface area contributed by atoms with Crippen molar-refractivity contribution in [2.75, 3.05) is 6.61 Å². The quantitative estimate of drug-likeness (QED) is 0.560. The Hall–Kier alpha value is -3.51. The Morgan fingerprint density at radius 3 is 2.37 bits per heavy atom. The highest BCUT2D eigenvalue weighted by atomic mass is 35.5. The van der Waals surface area contributed by atoms with Crippen LogP contribution in [0.3, 0.4) is 0 Å². The molecule has 0 aromatic heterocycles. The molecule has 0 spiro atoms. The van der Waals surface area contributed by atoms with Gasteiger partial charge < -0.3 is 9.47 Å². The van der Waals surface area contributed by atoms with Crippen LogP contribution in [0.2, 0.25) is 5.02 Å². The first-order valence-electron chi connectivity index (χ1n) is 9.27. The van der Waals surface area contributed by atoms with E-state index in [1.807, 2.05) is 37.3 Å². The summed E-state index contributed by atoms with van der Waals surface area (Å²) in [6.07, 6.45) is 0. The van der Waals surface area contributed by atoms with Crippen LogP contribution >= 0.6 is 11.6 Å². The van der Waals surface area contributed by atoms with Gasteiger partial charge in [-0.25, -0.2) is 0 Å². The van der Waals surface area contributed by atoms with Crippen molar-refractivity contribution in [3.8, 4) is 11.5 Å². The Labute approximate surface area is 179 Å². The third-order valence-electron chi connectivity index (χ3n) is 4.18. The standard InChI is InChI=1S/C23H21ClN2O4/c1-16-13-18(24)11-12-20(16)30-15-22(27)25-26-23(28)19-9-5-6-10-21(19)29-14-17-7-3-2-4-8-17/h2-13H,14-15H2,1H3,(H,25,27)(H,26,28). The molecule has 0 radical (unpaired) electrons. The van der Waals surface area contributed by atoms with Gasteiger partial charge in [0, 0.05) is 5.02 Å². The molecule has 2 amide bonds. The molecular weight excluding hydrogens is 404 g/mol. The molecule has 0 aliphatic carbocycles. The van der Waals surface area contributed by atoms with Crippen LogP contribution in [-0.4, -0.2) is 18.4 Å². The van der Waals surface area contributed by atoms with Gasteiger partial charge in [-0.15, -0.1) is 0 Å². The van der Waals surface area contributed by atoms with Crippen LogP contribution in [-0.2, 0) is 11.4 Å². The lowest BCUT2D eigenvalue weighted by molar-refractivity contribution is -0.123. The second kappa shape index (κ2) is 10.3. The van der Waals surface area contributed by atoms with Crippen LogP contribution in [0.4, 0.5) is 0 Å². The van der Waals surface area contributed by atoms with Crippen molar-refractivity contribution in [1.82, 2.24) is 10.9 Å². The number of para-hydroxylation sites is 1. The molecule has 3 aromatic carbocycles. The van der Waals surface area contributed by atoms with Crippen LogP contribution in [0, 0.1) is 6.92 Å². The van der Waals surface area contributed by atoms with E-state index in [2.05, 4.69) is 10.9 Å². The third-order valence-corrected chi connectivity index (χ3v) is 4.42. The molecule has 6 nitrogen and oxygen atoms in total. The molecule has 3 aromatic rings. The molecule has 154 valence electrons. The van der Waals surface area contributed by atoms with Gasteiger partial charge in [-0.2, -0.15) is 0 Å². The van der Waals surface area contributed by atoms with Crippen molar-refractivity contribution in [1.29, 1.82) is 0 Å². The molecule has 0 heterocycles. The highest BCUT2D eigenvalue weighted by molar-refractivity contribution is 6.30. The van der Waals surface area contributed by atoms with Crippen LogP contribution in [0.5, 0.6) is 11.5 Å². The monoisotopic (exact) mass is 424 g/mol. The Kier molecular flexibility index (Phi) is 7.29. The number of aryl methyl sites for hydroxylation is 1. The zero-order valence-electron chi connectivity index (χ0n) is 16.4. The van der Waals surface area contributed by atoms with E-state index in [0.29, 0.717) is 28.7 Å². The lowest BCUT2D eigenvalue weighted by Gasteiger charge is -2.13. The lowest BCUT2D eigenvalue weighted by Crippen LogP contribution is -2.44. The molecule has 2 N–H and O–H groups in total. The third kappa shape index (κ3) is 5.99. The highest BCUT2D eigenvalue weighted by Crippen LogP contribution is 2.22. The van der Waals surface area contributed by atoms with Gasteiger partial charge in [0.15, 0.2) is 6.61 Å². The summed E-state index contributed by atoms with van der Waals surface area (Å²) >= 11 is 5.90. The van der Waals surface area contributed by atoms with E-state index in [-0.39, 0.29) is 6.61 Å². The summed E-state index contributed by atoms with van der Waals surface area (Å²) in [5, 5.41) is 0.588. The number of hydrogen-bond acceptors (Lipinski definition) is 4. The van der Waals surface area contributed by atoms with Crippen molar-refractivity contribution >= 4 is 23.4 Å². The van der Waals surface area contributed by atoms with Gasteiger partial charge in [-0.3, -0.25) is 20.4 Å². The fourth-order valence-electron chi connectivity index (χ4n) is 2.66. The number of amides is 2. The number of benzene rings is 3. The molecule has 0 bridgehead atoms. The number of nitrogens with one attached hydrogen (secondary N) is 2. The summed E-state index contributed by atoms with van der Waals surface area (Å²) < 4.78 is 11.2. The first-order valence-corrected chi connectivity index (χ1v) is 9.64. The number of carbonyl (C=O) groups excluding carboxylic acids is 2. The van der Waals surface area contributed by atoms with Crippen LogP contribution in [0.15, 0.2) is 72.8 Å². The topological polar surface area (TPSA) is 76.7 Å². The second-order valence-electron chi connectivity index (χ2n) is 6.47. The molecule has 0 saturated carbocycles. The minimum atomic E-state index is -0.500. The zero-order chi connectivity index (χ0) is 21.3. The maximum absolute atomic E-state index is 12.5. The molecule has 30 heavy (non-hydrogen) atoms. The van der Waals surface area contributed by atoms with E-state index >= 15 is 0 Å². The number of ether oxygens (including phenoxy) is 2. The van der Waals surface area contributed by atoms with Crippen LogP contribution in [0.1, 0.15) is 21.5 Å². The molecule has 0 unspecified atom stereocenters. The maximum Gasteiger partial charge on any atom is 0.276 e. The van der Waals surface area contributed by atoms with Crippen molar-refractivity contribution < 1.29 is 19.1 Å². The van der Waals surface area contributed by atoms with Gasteiger partial charge >= 0.3 is 0 Å². The molecule has 7 heteroatoms. The van der Waals surface area contributed by atoms with Gasteiger partial charge in [0.1, 0.15) is 18.1 Å². The average molecular weight is 425 g/mol. The van der Waals surface area contributed by atoms with Crippen molar-refractivity contribution in [3.63, 3.8) is 0 Å². The normalized spacial score (nSPS) is 10.2. The first kappa shape index (κ1) is 21.2. The fraction of sp³-hybridized carbons (Fsp3) is 0.130. The minimum Gasteiger partial charge on any atom is -0.488 e. The summed E-state index contributed by atoms with van der Waals surface area (Å²) in [6, 6.07) is 21.5. The van der Waals surface area contributed by atoms with Gasteiger partial charge in [-0.1, -0.05) is 54.1 Å². The predicted molar refractivity (Wildman–Crippen MR) is 115 cm³/mol. The van der Waals surface area contributed by atoms with Crippen molar-refractivity contribution in [2.45, 2.75) is 13.5 Å². The number of halogens is 1. The second-order valence-corrected chi connectivity index (χ2v) is 6.91. The lowest BCUT2D eigenvalue weighted by atomic mass is 10.2. The van der Waals surface area contributed by atoms with Crippen molar-refractivity contribution in [2.24, 2.45) is 0 Å². The Bertz CT molecular complexity index is 1020. The summed E-state index contributed by atoms with van der Waals surface area (Å²) in [7, 11) is 0. The Balaban J connectivity index is 1.52. The van der Waals surface area contributed by atoms with Gasteiger partial charge in [0.05, 0.1) is 5.56 Å². The predicted octanol–water partition coefficient (Wildman–Crippen LogP) is 4.07. The van der Waals surface area contributed by atoms with E-state index in [4.69, 9.17) is 21.1 Å². The van der Waals surface area contributed by atoms with Crippen LogP contribution < -0.4 is 20.3 Å². The minimum absolute atomic E-state index is 0.255. The summed E-state index contributed by atoms with van der Waals surface area (Å²) in [4.78, 5) is 24.5.